The van der Waals surface area contributed by atoms with Crippen LogP contribution in [0.4, 0.5) is 11.4 Å². The van der Waals surface area contributed by atoms with Gasteiger partial charge in [0.1, 0.15) is 12.4 Å². The minimum atomic E-state index is -0.334. The molecule has 0 aliphatic heterocycles. The highest BCUT2D eigenvalue weighted by Gasteiger charge is 2.15. The Hall–Kier alpha value is -3.80. The van der Waals surface area contributed by atoms with Gasteiger partial charge in [0.25, 0.3) is 5.91 Å². The summed E-state index contributed by atoms with van der Waals surface area (Å²) in [4.78, 5) is 24.7. The molecule has 32 heavy (non-hydrogen) atoms. The Morgan fingerprint density at radius 1 is 0.844 bits per heavy atom. The van der Waals surface area contributed by atoms with E-state index in [2.05, 4.69) is 16.0 Å². The van der Waals surface area contributed by atoms with Crippen molar-refractivity contribution < 1.29 is 14.3 Å². The van der Waals surface area contributed by atoms with Crippen LogP contribution in [-0.2, 0) is 11.4 Å². The largest absolute Gasteiger partial charge is 0.489 e. The molecule has 3 N–H and O–H groups in total. The molecule has 0 heterocycles. The highest BCUT2D eigenvalue weighted by atomic mass is 16.5. The van der Waals surface area contributed by atoms with Crippen molar-refractivity contribution in [3.05, 3.63) is 90.0 Å². The van der Waals surface area contributed by atoms with Crippen LogP contribution in [0.3, 0.4) is 0 Å². The fraction of sp³-hybridized carbons (Fsp3) is 0.231. The first-order chi connectivity index (χ1) is 15.3. The average Bonchev–Trinajstić information content (AvgIpc) is 2.76. The van der Waals surface area contributed by atoms with E-state index >= 15 is 0 Å². The van der Waals surface area contributed by atoms with Crippen molar-refractivity contribution in [1.29, 1.82) is 0 Å². The molecule has 0 aliphatic carbocycles. The Labute approximate surface area is 189 Å². The first kappa shape index (κ1) is 22.9. The number of hydrogen-bond acceptors (Lipinski definition) is 4. The maximum absolute atomic E-state index is 12.4. The number of nitrogens with one attached hydrogen (secondary N) is 3. The molecule has 0 saturated carbocycles. The standard InChI is InChI=1S/C26H29N3O3/c1-26(2,3)29-25(31)20-11-7-13-22(15-20)28-24(30)17-27-21-12-8-14-23(16-21)32-18-19-9-5-4-6-10-19/h4-16,27H,17-18H2,1-3H3,(H,28,30)(H,29,31). The van der Waals surface area contributed by atoms with Crippen LogP contribution in [0.2, 0.25) is 0 Å². The highest BCUT2D eigenvalue weighted by Crippen LogP contribution is 2.19. The Balaban J connectivity index is 1.52. The fourth-order valence-electron chi connectivity index (χ4n) is 2.98. The van der Waals surface area contributed by atoms with Crippen molar-refractivity contribution in [2.45, 2.75) is 32.9 Å². The van der Waals surface area contributed by atoms with Gasteiger partial charge in [0.05, 0.1) is 6.54 Å². The van der Waals surface area contributed by atoms with Crippen molar-refractivity contribution in [1.82, 2.24) is 5.32 Å². The van der Waals surface area contributed by atoms with Crippen LogP contribution in [-0.4, -0.2) is 23.9 Å². The summed E-state index contributed by atoms with van der Waals surface area (Å²) in [5.41, 5.74) is 2.60. The van der Waals surface area contributed by atoms with Gasteiger partial charge in [-0.2, -0.15) is 0 Å². The van der Waals surface area contributed by atoms with E-state index in [1.165, 1.54) is 0 Å². The van der Waals surface area contributed by atoms with Gasteiger partial charge in [-0.25, -0.2) is 0 Å². The molecule has 3 aromatic rings. The highest BCUT2D eigenvalue weighted by molar-refractivity contribution is 5.98. The van der Waals surface area contributed by atoms with Gasteiger partial charge in [0.15, 0.2) is 0 Å². The lowest BCUT2D eigenvalue weighted by atomic mass is 10.1. The van der Waals surface area contributed by atoms with E-state index in [-0.39, 0.29) is 23.9 Å². The van der Waals surface area contributed by atoms with Crippen molar-refractivity contribution >= 4 is 23.2 Å². The molecule has 6 heteroatoms. The van der Waals surface area contributed by atoms with Crippen LogP contribution in [0, 0.1) is 0 Å². The number of amides is 2. The number of rotatable bonds is 8. The topological polar surface area (TPSA) is 79.5 Å². The van der Waals surface area contributed by atoms with Gasteiger partial charge < -0.3 is 20.7 Å². The third kappa shape index (κ3) is 7.47. The van der Waals surface area contributed by atoms with E-state index in [1.807, 2.05) is 75.4 Å². The van der Waals surface area contributed by atoms with E-state index in [1.54, 1.807) is 24.3 Å². The molecule has 0 aliphatic rings. The summed E-state index contributed by atoms with van der Waals surface area (Å²) in [6.45, 7) is 6.32. The number of carbonyl (C=O) groups excluding carboxylic acids is 2. The lowest BCUT2D eigenvalue weighted by Gasteiger charge is -2.20. The second-order valence-electron chi connectivity index (χ2n) is 8.49. The second kappa shape index (κ2) is 10.5. The predicted molar refractivity (Wildman–Crippen MR) is 128 cm³/mol. The van der Waals surface area contributed by atoms with Crippen molar-refractivity contribution in [3.8, 4) is 5.75 Å². The van der Waals surface area contributed by atoms with Gasteiger partial charge in [-0.1, -0.05) is 42.5 Å². The zero-order chi connectivity index (χ0) is 23.0. The molecular formula is C26H29N3O3. The lowest BCUT2D eigenvalue weighted by Crippen LogP contribution is -2.40. The third-order valence-corrected chi connectivity index (χ3v) is 4.43. The molecule has 0 spiro atoms. The SMILES string of the molecule is CC(C)(C)NC(=O)c1cccc(NC(=O)CNc2cccc(OCc3ccccc3)c2)c1. The van der Waals surface area contributed by atoms with Gasteiger partial charge in [-0.15, -0.1) is 0 Å². The van der Waals surface area contributed by atoms with Crippen molar-refractivity contribution in [2.75, 3.05) is 17.2 Å². The third-order valence-electron chi connectivity index (χ3n) is 4.43. The molecule has 0 bridgehead atoms. The van der Waals surface area contributed by atoms with Crippen LogP contribution in [0.25, 0.3) is 0 Å². The molecule has 6 nitrogen and oxygen atoms in total. The molecular weight excluding hydrogens is 402 g/mol. The normalized spacial score (nSPS) is 10.8. The van der Waals surface area contributed by atoms with Crippen molar-refractivity contribution in [2.24, 2.45) is 0 Å². The summed E-state index contributed by atoms with van der Waals surface area (Å²) in [5.74, 6) is 0.324. The Kier molecular flexibility index (Phi) is 7.49. The minimum absolute atomic E-state index is 0.0839. The first-order valence-corrected chi connectivity index (χ1v) is 10.5. The first-order valence-electron chi connectivity index (χ1n) is 10.5. The van der Waals surface area contributed by atoms with Crippen molar-refractivity contribution in [3.63, 3.8) is 0 Å². The summed E-state index contributed by atoms with van der Waals surface area (Å²) < 4.78 is 5.83. The molecule has 0 aromatic heterocycles. The smallest absolute Gasteiger partial charge is 0.251 e. The summed E-state index contributed by atoms with van der Waals surface area (Å²) in [6.07, 6.45) is 0. The molecule has 0 fully saturated rings. The van der Waals surface area contributed by atoms with E-state index in [9.17, 15) is 9.59 Å². The molecule has 3 rings (SSSR count). The van der Waals surface area contributed by atoms with Gasteiger partial charge in [0, 0.05) is 28.5 Å². The molecule has 166 valence electrons. The molecule has 3 aromatic carbocycles. The molecule has 0 radical (unpaired) electrons. The maximum Gasteiger partial charge on any atom is 0.251 e. The predicted octanol–water partition coefficient (Wildman–Crippen LogP) is 4.84. The Morgan fingerprint density at radius 2 is 1.56 bits per heavy atom. The summed E-state index contributed by atoms with van der Waals surface area (Å²) >= 11 is 0. The summed E-state index contributed by atoms with van der Waals surface area (Å²) in [7, 11) is 0. The summed E-state index contributed by atoms with van der Waals surface area (Å²) in [6, 6.07) is 24.3. The monoisotopic (exact) mass is 431 g/mol. The summed E-state index contributed by atoms with van der Waals surface area (Å²) in [5, 5.41) is 8.83. The average molecular weight is 432 g/mol. The zero-order valence-corrected chi connectivity index (χ0v) is 18.6. The number of ether oxygens (including phenoxy) is 1. The number of benzene rings is 3. The van der Waals surface area contributed by atoms with Gasteiger partial charge in [-0.05, 0) is 56.7 Å². The number of carbonyl (C=O) groups is 2. The quantitative estimate of drug-likeness (QED) is 0.477. The maximum atomic E-state index is 12.4. The van der Waals surface area contributed by atoms with E-state index in [0.717, 1.165) is 17.0 Å². The van der Waals surface area contributed by atoms with Gasteiger partial charge in [-0.3, -0.25) is 9.59 Å². The molecule has 2 amide bonds. The van der Waals surface area contributed by atoms with Gasteiger partial charge in [0.2, 0.25) is 5.91 Å². The number of anilines is 2. The second-order valence-corrected chi connectivity index (χ2v) is 8.49. The lowest BCUT2D eigenvalue weighted by molar-refractivity contribution is -0.114. The van der Waals surface area contributed by atoms with E-state index in [4.69, 9.17) is 4.74 Å². The minimum Gasteiger partial charge on any atom is -0.489 e. The molecule has 0 atom stereocenters. The van der Waals surface area contributed by atoms with Crippen LogP contribution in [0.1, 0.15) is 36.7 Å². The number of hydrogen-bond donors (Lipinski definition) is 3. The van der Waals surface area contributed by atoms with Crippen LogP contribution in [0.15, 0.2) is 78.9 Å². The zero-order valence-electron chi connectivity index (χ0n) is 18.6. The molecule has 0 saturated heterocycles. The van der Waals surface area contributed by atoms with Crippen LogP contribution in [0.5, 0.6) is 5.75 Å². The van der Waals surface area contributed by atoms with Crippen LogP contribution >= 0.6 is 0 Å². The molecule has 0 unspecified atom stereocenters. The fourth-order valence-corrected chi connectivity index (χ4v) is 2.98. The van der Waals surface area contributed by atoms with Crippen LogP contribution < -0.4 is 20.7 Å². The Bertz CT molecular complexity index is 1060. The van der Waals surface area contributed by atoms with E-state index < -0.39 is 0 Å². The van der Waals surface area contributed by atoms with E-state index in [0.29, 0.717) is 17.9 Å². The van der Waals surface area contributed by atoms with Gasteiger partial charge >= 0.3 is 0 Å². The Morgan fingerprint density at radius 3 is 2.31 bits per heavy atom.